The van der Waals surface area contributed by atoms with Gasteiger partial charge in [-0.1, -0.05) is 23.5 Å². The van der Waals surface area contributed by atoms with Crippen LogP contribution in [-0.2, 0) is 16.1 Å². The van der Waals surface area contributed by atoms with E-state index >= 15 is 0 Å². The van der Waals surface area contributed by atoms with Gasteiger partial charge in [0, 0.05) is 13.0 Å². The zero-order valence-corrected chi connectivity index (χ0v) is 14.5. The van der Waals surface area contributed by atoms with Gasteiger partial charge in [0.25, 0.3) is 0 Å². The number of para-hydroxylation sites is 1. The molecule has 7 heteroatoms. The molecule has 1 aromatic carbocycles. The van der Waals surface area contributed by atoms with Gasteiger partial charge in [0.15, 0.2) is 5.13 Å². The second-order valence-electron chi connectivity index (χ2n) is 6.18. The van der Waals surface area contributed by atoms with Crippen LogP contribution in [0, 0.1) is 12.8 Å². The lowest BCUT2D eigenvalue weighted by molar-refractivity contribution is -0.128. The largest absolute Gasteiger partial charge is 0.467 e. The number of likely N-dealkylation sites (tertiary alicyclic amines) is 1. The van der Waals surface area contributed by atoms with E-state index in [1.165, 1.54) is 11.3 Å². The van der Waals surface area contributed by atoms with E-state index in [9.17, 15) is 9.59 Å². The molecule has 1 atom stereocenters. The molecule has 0 spiro atoms. The van der Waals surface area contributed by atoms with Crippen molar-refractivity contribution >= 4 is 38.5 Å². The molecule has 2 aromatic heterocycles. The number of benzene rings is 1. The molecule has 0 aliphatic carbocycles. The van der Waals surface area contributed by atoms with Crippen LogP contribution in [0.4, 0.5) is 5.13 Å². The molecule has 0 bridgehead atoms. The SMILES string of the molecule is Cc1cccc2sc(NC(=O)C3CC(=O)N(Cc4ccco4)C3)nc12. The maximum Gasteiger partial charge on any atom is 0.231 e. The number of carbonyl (C=O) groups excluding carboxylic acids is 2. The summed E-state index contributed by atoms with van der Waals surface area (Å²) in [6.45, 7) is 2.79. The summed E-state index contributed by atoms with van der Waals surface area (Å²) < 4.78 is 6.32. The molecular weight excluding hydrogens is 338 g/mol. The Hall–Kier alpha value is -2.67. The molecule has 1 fully saturated rings. The van der Waals surface area contributed by atoms with Crippen molar-refractivity contribution in [3.8, 4) is 0 Å². The van der Waals surface area contributed by atoms with E-state index in [1.54, 1.807) is 17.2 Å². The van der Waals surface area contributed by atoms with E-state index in [2.05, 4.69) is 10.3 Å². The fraction of sp³-hybridized carbons (Fsp3) is 0.278. The third-order valence-electron chi connectivity index (χ3n) is 4.36. The first kappa shape index (κ1) is 15.8. The summed E-state index contributed by atoms with van der Waals surface area (Å²) in [6.07, 6.45) is 1.80. The normalized spacial score (nSPS) is 17.4. The Labute approximate surface area is 148 Å². The van der Waals surface area contributed by atoms with Gasteiger partial charge in [-0.05, 0) is 30.7 Å². The van der Waals surface area contributed by atoms with Crippen LogP contribution in [0.25, 0.3) is 10.2 Å². The zero-order chi connectivity index (χ0) is 17.4. The van der Waals surface area contributed by atoms with Crippen LogP contribution in [0.3, 0.4) is 0 Å². The van der Waals surface area contributed by atoms with Crippen LogP contribution >= 0.6 is 11.3 Å². The first-order valence-corrected chi connectivity index (χ1v) is 8.89. The van der Waals surface area contributed by atoms with Gasteiger partial charge in [-0.3, -0.25) is 9.59 Å². The van der Waals surface area contributed by atoms with Crippen LogP contribution in [0.5, 0.6) is 0 Å². The highest BCUT2D eigenvalue weighted by atomic mass is 32.1. The summed E-state index contributed by atoms with van der Waals surface area (Å²) in [6, 6.07) is 9.57. The lowest BCUT2D eigenvalue weighted by atomic mass is 10.1. The number of hydrogen-bond acceptors (Lipinski definition) is 5. The summed E-state index contributed by atoms with van der Waals surface area (Å²) in [7, 11) is 0. The average Bonchev–Trinajstić information content (AvgIpc) is 3.29. The topological polar surface area (TPSA) is 75.4 Å². The smallest absolute Gasteiger partial charge is 0.231 e. The van der Waals surface area contributed by atoms with Gasteiger partial charge < -0.3 is 14.6 Å². The zero-order valence-electron chi connectivity index (χ0n) is 13.7. The van der Waals surface area contributed by atoms with Gasteiger partial charge in [0.1, 0.15) is 5.76 Å². The Morgan fingerprint density at radius 2 is 2.28 bits per heavy atom. The number of carbonyl (C=O) groups is 2. The van der Waals surface area contributed by atoms with E-state index in [4.69, 9.17) is 4.42 Å². The molecule has 3 heterocycles. The minimum atomic E-state index is -0.365. The van der Waals surface area contributed by atoms with Gasteiger partial charge in [0.2, 0.25) is 11.8 Å². The molecule has 1 unspecified atom stereocenters. The van der Waals surface area contributed by atoms with Gasteiger partial charge >= 0.3 is 0 Å². The molecule has 4 rings (SSSR count). The molecule has 25 heavy (non-hydrogen) atoms. The predicted molar refractivity (Wildman–Crippen MR) is 95.2 cm³/mol. The maximum atomic E-state index is 12.5. The highest BCUT2D eigenvalue weighted by Crippen LogP contribution is 2.29. The number of aryl methyl sites for hydroxylation is 1. The first-order valence-electron chi connectivity index (χ1n) is 8.07. The molecule has 1 aliphatic rings. The Bertz CT molecular complexity index is 932. The monoisotopic (exact) mass is 355 g/mol. The van der Waals surface area contributed by atoms with Crippen molar-refractivity contribution < 1.29 is 14.0 Å². The second-order valence-corrected chi connectivity index (χ2v) is 7.22. The molecule has 6 nitrogen and oxygen atoms in total. The fourth-order valence-corrected chi connectivity index (χ4v) is 3.99. The molecule has 1 saturated heterocycles. The highest BCUT2D eigenvalue weighted by Gasteiger charge is 2.35. The van der Waals surface area contributed by atoms with Gasteiger partial charge in [0.05, 0.1) is 28.9 Å². The van der Waals surface area contributed by atoms with E-state index in [-0.39, 0.29) is 24.2 Å². The Kier molecular flexibility index (Phi) is 4.01. The molecule has 128 valence electrons. The molecular formula is C18H17N3O3S. The van der Waals surface area contributed by atoms with E-state index in [0.29, 0.717) is 18.2 Å². The van der Waals surface area contributed by atoms with Crippen molar-refractivity contribution in [3.63, 3.8) is 0 Å². The molecule has 2 amide bonds. The van der Waals surface area contributed by atoms with E-state index in [1.807, 2.05) is 31.2 Å². The fourth-order valence-electron chi connectivity index (χ4n) is 3.04. The molecule has 3 aromatic rings. The number of amides is 2. The molecule has 0 saturated carbocycles. The van der Waals surface area contributed by atoms with Crippen LogP contribution in [0.2, 0.25) is 0 Å². The molecule has 1 aliphatic heterocycles. The number of thiazole rings is 1. The Morgan fingerprint density at radius 3 is 3.04 bits per heavy atom. The number of aromatic nitrogens is 1. The van der Waals surface area contributed by atoms with E-state index < -0.39 is 0 Å². The van der Waals surface area contributed by atoms with Crippen molar-refractivity contribution in [2.75, 3.05) is 11.9 Å². The quantitative estimate of drug-likeness (QED) is 0.780. The summed E-state index contributed by atoms with van der Waals surface area (Å²) in [5.41, 5.74) is 1.99. The number of hydrogen-bond donors (Lipinski definition) is 1. The third-order valence-corrected chi connectivity index (χ3v) is 5.30. The molecule has 1 N–H and O–H groups in total. The van der Waals surface area contributed by atoms with Crippen LogP contribution in [-0.4, -0.2) is 28.2 Å². The van der Waals surface area contributed by atoms with Gasteiger partial charge in [-0.25, -0.2) is 4.98 Å². The lowest BCUT2D eigenvalue weighted by Gasteiger charge is -2.14. The summed E-state index contributed by atoms with van der Waals surface area (Å²) in [5.74, 6) is 0.162. The van der Waals surface area contributed by atoms with Crippen LogP contribution in [0.15, 0.2) is 41.0 Å². The minimum absolute atomic E-state index is 0.0308. The summed E-state index contributed by atoms with van der Waals surface area (Å²) in [4.78, 5) is 30.8. The van der Waals surface area contributed by atoms with E-state index in [0.717, 1.165) is 21.5 Å². The van der Waals surface area contributed by atoms with Gasteiger partial charge in [-0.15, -0.1) is 0 Å². The Balaban J connectivity index is 1.44. The number of anilines is 1. The summed E-state index contributed by atoms with van der Waals surface area (Å²) in [5, 5.41) is 3.44. The number of nitrogens with zero attached hydrogens (tertiary/aromatic N) is 2. The summed E-state index contributed by atoms with van der Waals surface area (Å²) >= 11 is 1.45. The van der Waals surface area contributed by atoms with Crippen molar-refractivity contribution in [1.82, 2.24) is 9.88 Å². The van der Waals surface area contributed by atoms with Crippen molar-refractivity contribution in [1.29, 1.82) is 0 Å². The van der Waals surface area contributed by atoms with Crippen LogP contribution < -0.4 is 5.32 Å². The maximum absolute atomic E-state index is 12.5. The average molecular weight is 355 g/mol. The predicted octanol–water partition coefficient (Wildman–Crippen LogP) is 3.18. The van der Waals surface area contributed by atoms with Crippen molar-refractivity contribution in [2.24, 2.45) is 5.92 Å². The minimum Gasteiger partial charge on any atom is -0.467 e. The highest BCUT2D eigenvalue weighted by molar-refractivity contribution is 7.22. The lowest BCUT2D eigenvalue weighted by Crippen LogP contribution is -2.27. The number of rotatable bonds is 4. The standard InChI is InChI=1S/C18H17N3O3S/c1-11-4-2-6-14-16(11)19-18(25-14)20-17(23)12-8-15(22)21(9-12)10-13-5-3-7-24-13/h2-7,12H,8-10H2,1H3,(H,19,20,23). The van der Waals surface area contributed by atoms with Crippen molar-refractivity contribution in [2.45, 2.75) is 19.9 Å². The van der Waals surface area contributed by atoms with Gasteiger partial charge in [-0.2, -0.15) is 0 Å². The number of nitrogens with one attached hydrogen (secondary N) is 1. The van der Waals surface area contributed by atoms with Crippen LogP contribution in [0.1, 0.15) is 17.7 Å². The Morgan fingerprint density at radius 1 is 1.40 bits per heavy atom. The second kappa shape index (κ2) is 6.33. The number of furan rings is 1. The number of fused-ring (bicyclic) bond motifs is 1. The van der Waals surface area contributed by atoms with Crippen molar-refractivity contribution in [3.05, 3.63) is 47.9 Å². The first-order chi connectivity index (χ1) is 12.1. The molecule has 0 radical (unpaired) electrons. The third kappa shape index (κ3) is 3.15.